The molecule has 3 N–H and O–H groups in total. The molecule has 0 aromatic carbocycles. The Balaban J connectivity index is 0.00000144. The molecule has 0 fully saturated rings. The lowest BCUT2D eigenvalue weighted by Crippen LogP contribution is -2.00. The molecule has 0 amide bonds. The lowest BCUT2D eigenvalue weighted by Gasteiger charge is -1.96. The summed E-state index contributed by atoms with van der Waals surface area (Å²) in [7, 11) is 0. The maximum atomic E-state index is 11.0. The van der Waals surface area contributed by atoms with Crippen LogP contribution in [0.1, 0.15) is 11.5 Å². The van der Waals surface area contributed by atoms with E-state index in [4.69, 9.17) is 15.3 Å². The molecule has 2 rings (SSSR count). The van der Waals surface area contributed by atoms with Gasteiger partial charge in [-0.2, -0.15) is 0 Å². The number of rotatable bonds is 3. The molecule has 0 saturated carbocycles. The van der Waals surface area contributed by atoms with Crippen molar-refractivity contribution in [2.45, 2.75) is 0 Å². The fourth-order valence-corrected chi connectivity index (χ4v) is 1.74. The summed E-state index contributed by atoms with van der Waals surface area (Å²) < 4.78 is 5.05. The highest BCUT2D eigenvalue weighted by atomic mass is 35.5. The molecule has 0 spiro atoms. The van der Waals surface area contributed by atoms with E-state index in [1.54, 1.807) is 17.5 Å². The Labute approximate surface area is 119 Å². The average Bonchev–Trinajstić information content (AvgIpc) is 2.84. The summed E-state index contributed by atoms with van der Waals surface area (Å²) in [6, 6.07) is 3.35. The van der Waals surface area contributed by atoms with Gasteiger partial charge in [-0.1, -0.05) is 0 Å². The van der Waals surface area contributed by atoms with E-state index in [-0.39, 0.29) is 30.4 Å². The summed E-state index contributed by atoms with van der Waals surface area (Å²) in [4.78, 5) is 15.0. The second-order valence-corrected chi connectivity index (χ2v) is 3.84. The number of nitrogens with zero attached hydrogens (tertiary/aromatic N) is 1. The minimum absolute atomic E-state index is 0. The van der Waals surface area contributed by atoms with E-state index in [1.807, 2.05) is 0 Å². The number of aromatic nitrogens is 1. The Hall–Kier alpha value is -1.50. The van der Waals surface area contributed by atoms with E-state index < -0.39 is 5.97 Å². The third-order valence-corrected chi connectivity index (χ3v) is 2.53. The quantitative estimate of drug-likeness (QED) is 0.851. The third kappa shape index (κ3) is 3.76. The molecule has 2 aromatic rings. The Morgan fingerprint density at radius 3 is 2.67 bits per heavy atom. The van der Waals surface area contributed by atoms with Gasteiger partial charge in [-0.05, 0) is 18.2 Å². The van der Waals surface area contributed by atoms with Crippen molar-refractivity contribution in [2.24, 2.45) is 0 Å². The molecule has 0 atom stereocenters. The van der Waals surface area contributed by atoms with Crippen LogP contribution in [0.3, 0.4) is 0 Å². The molecule has 0 radical (unpaired) electrons. The molecule has 0 aliphatic carbocycles. The first-order chi connectivity index (χ1) is 7.66. The number of hydrogen-bond acceptors (Lipinski definition) is 5. The van der Waals surface area contributed by atoms with Crippen molar-refractivity contribution in [3.63, 3.8) is 0 Å². The maximum Gasteiger partial charge on any atom is 0.338 e. The number of carboxylic acid groups (broad SMARTS) is 1. The number of nitrogen functional groups attached to an aromatic ring is 1. The molecule has 2 aromatic heterocycles. The highest BCUT2D eigenvalue weighted by Crippen LogP contribution is 2.22. The van der Waals surface area contributed by atoms with Crippen LogP contribution < -0.4 is 5.73 Å². The van der Waals surface area contributed by atoms with Gasteiger partial charge in [-0.25, -0.2) is 9.78 Å². The maximum absolute atomic E-state index is 11.0. The molecular formula is C10H10Cl2N2O3S. The molecule has 98 valence electrons. The predicted octanol–water partition coefficient (Wildman–Crippen LogP) is 2.79. The summed E-state index contributed by atoms with van der Waals surface area (Å²) in [5.74, 6) is -0.606. The van der Waals surface area contributed by atoms with Gasteiger partial charge in [0.2, 0.25) is 0 Å². The predicted molar refractivity (Wildman–Crippen MR) is 75.2 cm³/mol. The number of anilines is 1. The normalized spacial score (nSPS) is 10.3. The minimum Gasteiger partial charge on any atom is -0.478 e. The molecule has 18 heavy (non-hydrogen) atoms. The topological polar surface area (TPSA) is 89.4 Å². The van der Waals surface area contributed by atoms with Crippen molar-refractivity contribution in [1.82, 2.24) is 4.98 Å². The summed E-state index contributed by atoms with van der Waals surface area (Å²) in [6.07, 6.45) is 2.89. The molecule has 0 unspecified atom stereocenters. The molecule has 5 nitrogen and oxygen atoms in total. The lowest BCUT2D eigenvalue weighted by molar-refractivity contribution is -0.130. The Morgan fingerprint density at radius 2 is 2.22 bits per heavy atom. The van der Waals surface area contributed by atoms with E-state index in [0.717, 1.165) is 0 Å². The van der Waals surface area contributed by atoms with Gasteiger partial charge in [-0.15, -0.1) is 36.2 Å². The molecule has 0 aliphatic heterocycles. The van der Waals surface area contributed by atoms with Crippen LogP contribution in [-0.4, -0.2) is 16.1 Å². The lowest BCUT2D eigenvalue weighted by atomic mass is 10.2. The smallest absolute Gasteiger partial charge is 0.338 e. The SMILES string of the molecule is Cl.Cl.Nc1nc(C(=Cc2ccco2)C(=O)O)cs1. The van der Waals surface area contributed by atoms with Gasteiger partial charge in [0.15, 0.2) is 5.13 Å². The monoisotopic (exact) mass is 308 g/mol. The van der Waals surface area contributed by atoms with Gasteiger partial charge < -0.3 is 15.3 Å². The van der Waals surface area contributed by atoms with Gasteiger partial charge in [0.05, 0.1) is 17.5 Å². The van der Waals surface area contributed by atoms with Gasteiger partial charge in [0.25, 0.3) is 0 Å². The van der Waals surface area contributed by atoms with E-state index in [9.17, 15) is 4.79 Å². The van der Waals surface area contributed by atoms with Crippen molar-refractivity contribution in [2.75, 3.05) is 5.73 Å². The van der Waals surface area contributed by atoms with Crippen LogP contribution in [0.25, 0.3) is 11.6 Å². The zero-order valence-electron chi connectivity index (χ0n) is 8.90. The highest BCUT2D eigenvalue weighted by molar-refractivity contribution is 7.13. The number of aliphatic carboxylic acids is 1. The fraction of sp³-hybridized carbons (Fsp3) is 0. The van der Waals surface area contributed by atoms with E-state index in [0.29, 0.717) is 16.6 Å². The number of carboxylic acids is 1. The number of halogens is 2. The van der Waals surface area contributed by atoms with Crippen LogP contribution in [-0.2, 0) is 4.79 Å². The van der Waals surface area contributed by atoms with Gasteiger partial charge in [0, 0.05) is 5.38 Å². The van der Waals surface area contributed by atoms with E-state index in [1.165, 1.54) is 23.7 Å². The summed E-state index contributed by atoms with van der Waals surface area (Å²) >= 11 is 1.19. The average molecular weight is 309 g/mol. The zero-order valence-corrected chi connectivity index (χ0v) is 11.3. The third-order valence-electron chi connectivity index (χ3n) is 1.86. The molecule has 2 heterocycles. The zero-order chi connectivity index (χ0) is 11.5. The molecule has 0 saturated heterocycles. The number of furan rings is 1. The standard InChI is InChI=1S/C10H8N2O3S.2ClH/c11-10-12-8(5-16-10)7(9(13)14)4-6-2-1-3-15-6;;/h1-5H,(H2,11,12)(H,13,14);2*1H. The van der Waals surface area contributed by atoms with Crippen LogP contribution in [0.5, 0.6) is 0 Å². The summed E-state index contributed by atoms with van der Waals surface area (Å²) in [6.45, 7) is 0. The number of thiazole rings is 1. The van der Waals surface area contributed by atoms with Crippen LogP contribution in [0.15, 0.2) is 28.2 Å². The van der Waals surface area contributed by atoms with Crippen molar-refractivity contribution in [1.29, 1.82) is 0 Å². The van der Waals surface area contributed by atoms with Crippen molar-refractivity contribution in [3.05, 3.63) is 35.2 Å². The number of hydrogen-bond donors (Lipinski definition) is 2. The first-order valence-electron chi connectivity index (χ1n) is 4.36. The van der Waals surface area contributed by atoms with Crippen molar-refractivity contribution < 1.29 is 14.3 Å². The Morgan fingerprint density at radius 1 is 1.50 bits per heavy atom. The Bertz CT molecular complexity index is 537. The minimum atomic E-state index is -1.07. The summed E-state index contributed by atoms with van der Waals surface area (Å²) in [5.41, 5.74) is 5.85. The number of carbonyl (C=O) groups is 1. The van der Waals surface area contributed by atoms with Gasteiger partial charge in [-0.3, -0.25) is 0 Å². The van der Waals surface area contributed by atoms with Crippen molar-refractivity contribution in [3.8, 4) is 0 Å². The first kappa shape index (κ1) is 16.5. The number of nitrogens with two attached hydrogens (primary N) is 1. The highest BCUT2D eigenvalue weighted by Gasteiger charge is 2.14. The van der Waals surface area contributed by atoms with Gasteiger partial charge >= 0.3 is 5.97 Å². The second kappa shape index (κ2) is 7.05. The van der Waals surface area contributed by atoms with Crippen LogP contribution in [0, 0.1) is 0 Å². The van der Waals surface area contributed by atoms with E-state index in [2.05, 4.69) is 4.98 Å². The molecule has 0 bridgehead atoms. The molecule has 8 heteroatoms. The van der Waals surface area contributed by atoms with Gasteiger partial charge in [0.1, 0.15) is 5.76 Å². The van der Waals surface area contributed by atoms with Crippen LogP contribution in [0.2, 0.25) is 0 Å². The largest absolute Gasteiger partial charge is 0.478 e. The fourth-order valence-electron chi connectivity index (χ4n) is 1.17. The van der Waals surface area contributed by atoms with Crippen LogP contribution in [0.4, 0.5) is 5.13 Å². The van der Waals surface area contributed by atoms with E-state index >= 15 is 0 Å². The summed E-state index contributed by atoms with van der Waals surface area (Å²) in [5, 5.41) is 11.0. The Kier molecular flexibility index (Phi) is 6.46. The first-order valence-corrected chi connectivity index (χ1v) is 5.24. The van der Waals surface area contributed by atoms with Crippen LogP contribution >= 0.6 is 36.2 Å². The van der Waals surface area contributed by atoms with Crippen molar-refractivity contribution >= 4 is 58.9 Å². The second-order valence-electron chi connectivity index (χ2n) is 2.95. The molecule has 0 aliphatic rings. The molecular weight excluding hydrogens is 299 g/mol.